The summed E-state index contributed by atoms with van der Waals surface area (Å²) >= 11 is 0. The third kappa shape index (κ3) is 1.85. The van der Waals surface area contributed by atoms with Gasteiger partial charge in [0.25, 0.3) is 0 Å². The summed E-state index contributed by atoms with van der Waals surface area (Å²) in [6, 6.07) is 15.2. The summed E-state index contributed by atoms with van der Waals surface area (Å²) in [5.41, 5.74) is 2.81. The van der Waals surface area contributed by atoms with E-state index >= 15 is 0 Å². The van der Waals surface area contributed by atoms with Crippen molar-refractivity contribution in [1.29, 1.82) is 0 Å². The molecule has 0 bridgehead atoms. The van der Waals surface area contributed by atoms with Gasteiger partial charge in [0.15, 0.2) is 0 Å². The highest BCUT2D eigenvalue weighted by atomic mass is 16.3. The highest BCUT2D eigenvalue weighted by molar-refractivity contribution is 5.75. The number of benzene rings is 2. The Balaban J connectivity index is 2.01. The van der Waals surface area contributed by atoms with Crippen LogP contribution in [0.4, 0.5) is 0 Å². The van der Waals surface area contributed by atoms with Crippen LogP contribution in [-0.4, -0.2) is 20.1 Å². The molecule has 0 aliphatic rings. The normalized spacial score (nSPS) is 10.8. The zero-order valence-electron chi connectivity index (χ0n) is 9.11. The van der Waals surface area contributed by atoms with Gasteiger partial charge < -0.3 is 5.11 Å². The van der Waals surface area contributed by atoms with Crippen molar-refractivity contribution in [2.24, 2.45) is 0 Å². The molecule has 0 aliphatic carbocycles. The van der Waals surface area contributed by atoms with E-state index in [0.717, 1.165) is 5.52 Å². The van der Waals surface area contributed by atoms with E-state index in [9.17, 15) is 5.11 Å². The second kappa shape index (κ2) is 3.90. The Hall–Kier alpha value is -2.36. The Morgan fingerprint density at radius 3 is 2.71 bits per heavy atom. The first-order valence-corrected chi connectivity index (χ1v) is 5.39. The van der Waals surface area contributed by atoms with Gasteiger partial charge in [-0.1, -0.05) is 35.5 Å². The number of aromatic nitrogens is 3. The maximum atomic E-state index is 9.35. The van der Waals surface area contributed by atoms with E-state index in [0.29, 0.717) is 12.1 Å². The van der Waals surface area contributed by atoms with E-state index in [1.54, 1.807) is 12.1 Å². The predicted octanol–water partition coefficient (Wildman–Crippen LogP) is 2.19. The van der Waals surface area contributed by atoms with Gasteiger partial charge in [0.05, 0.1) is 12.1 Å². The Kier molecular flexibility index (Phi) is 2.26. The van der Waals surface area contributed by atoms with Crippen LogP contribution in [0.2, 0.25) is 0 Å². The number of nitrogens with zero attached hydrogens (tertiary/aromatic N) is 3. The van der Waals surface area contributed by atoms with Gasteiger partial charge >= 0.3 is 0 Å². The van der Waals surface area contributed by atoms with E-state index in [1.165, 1.54) is 5.56 Å². The van der Waals surface area contributed by atoms with Crippen LogP contribution >= 0.6 is 0 Å². The number of aromatic hydroxyl groups is 1. The smallest absolute Gasteiger partial charge is 0.117 e. The summed E-state index contributed by atoms with van der Waals surface area (Å²) in [7, 11) is 0. The number of phenols is 1. The average Bonchev–Trinajstić information content (AvgIpc) is 2.73. The summed E-state index contributed by atoms with van der Waals surface area (Å²) in [4.78, 5) is 0. The summed E-state index contributed by atoms with van der Waals surface area (Å²) < 4.78 is 1.82. The topological polar surface area (TPSA) is 50.9 Å². The first-order chi connectivity index (χ1) is 8.33. The van der Waals surface area contributed by atoms with Crippen molar-refractivity contribution in [2.45, 2.75) is 6.54 Å². The maximum Gasteiger partial charge on any atom is 0.117 e. The van der Waals surface area contributed by atoms with E-state index in [4.69, 9.17) is 0 Å². The minimum atomic E-state index is 0.212. The van der Waals surface area contributed by atoms with Gasteiger partial charge in [-0.05, 0) is 17.7 Å². The molecule has 0 amide bonds. The fourth-order valence-corrected chi connectivity index (χ4v) is 1.83. The molecule has 3 rings (SSSR count). The van der Waals surface area contributed by atoms with Crippen LogP contribution in [0, 0.1) is 0 Å². The molecule has 1 aromatic heterocycles. The molecule has 1 heterocycles. The second-order valence-corrected chi connectivity index (χ2v) is 3.91. The molecule has 17 heavy (non-hydrogen) atoms. The van der Waals surface area contributed by atoms with Crippen LogP contribution in [0.3, 0.4) is 0 Å². The lowest BCUT2D eigenvalue weighted by atomic mass is 10.2. The molecule has 0 radical (unpaired) electrons. The zero-order chi connectivity index (χ0) is 11.7. The minimum absolute atomic E-state index is 0.212. The molecule has 0 spiro atoms. The Bertz CT molecular complexity index is 646. The van der Waals surface area contributed by atoms with E-state index in [2.05, 4.69) is 10.3 Å². The quantitative estimate of drug-likeness (QED) is 0.727. The van der Waals surface area contributed by atoms with E-state index < -0.39 is 0 Å². The molecule has 0 saturated heterocycles. The Labute approximate surface area is 98.1 Å². The summed E-state index contributed by atoms with van der Waals surface area (Å²) in [5.74, 6) is 0.212. The lowest BCUT2D eigenvalue weighted by molar-refractivity contribution is 0.476. The Morgan fingerprint density at radius 2 is 1.88 bits per heavy atom. The second-order valence-electron chi connectivity index (χ2n) is 3.91. The van der Waals surface area contributed by atoms with Gasteiger partial charge in [-0.2, -0.15) is 0 Å². The van der Waals surface area contributed by atoms with Crippen LogP contribution in [0.5, 0.6) is 5.75 Å². The van der Waals surface area contributed by atoms with E-state index in [-0.39, 0.29) is 5.75 Å². The van der Waals surface area contributed by atoms with Crippen LogP contribution in [0.1, 0.15) is 5.56 Å². The van der Waals surface area contributed by atoms with Crippen molar-refractivity contribution in [3.63, 3.8) is 0 Å². The van der Waals surface area contributed by atoms with Gasteiger partial charge in [0.2, 0.25) is 0 Å². The molecule has 0 unspecified atom stereocenters. The molecule has 84 valence electrons. The van der Waals surface area contributed by atoms with Gasteiger partial charge in [0, 0.05) is 6.07 Å². The molecule has 0 aliphatic heterocycles. The number of rotatable bonds is 2. The third-order valence-electron chi connectivity index (χ3n) is 2.67. The number of hydrogen-bond acceptors (Lipinski definition) is 3. The molecular formula is C13H11N3O. The molecule has 4 nitrogen and oxygen atoms in total. The SMILES string of the molecule is Oc1ccc2c(c1)nnn2Cc1ccccc1. The van der Waals surface area contributed by atoms with Crippen LogP contribution < -0.4 is 0 Å². The van der Waals surface area contributed by atoms with Crippen molar-refractivity contribution < 1.29 is 5.11 Å². The van der Waals surface area contributed by atoms with Gasteiger partial charge in [0.1, 0.15) is 11.3 Å². The summed E-state index contributed by atoms with van der Waals surface area (Å²) in [6.45, 7) is 0.683. The molecule has 3 aromatic rings. The molecular weight excluding hydrogens is 214 g/mol. The molecule has 1 N–H and O–H groups in total. The molecule has 4 heteroatoms. The van der Waals surface area contributed by atoms with Crippen LogP contribution in [0.25, 0.3) is 11.0 Å². The lowest BCUT2D eigenvalue weighted by Gasteiger charge is -2.02. The van der Waals surface area contributed by atoms with Crippen LogP contribution in [-0.2, 0) is 6.54 Å². The minimum Gasteiger partial charge on any atom is -0.508 e. The molecule has 0 fully saturated rings. The zero-order valence-corrected chi connectivity index (χ0v) is 9.11. The average molecular weight is 225 g/mol. The fraction of sp³-hybridized carbons (Fsp3) is 0.0769. The standard InChI is InChI=1S/C13H11N3O/c17-11-6-7-13-12(8-11)14-15-16(13)9-10-4-2-1-3-5-10/h1-8,17H,9H2. The summed E-state index contributed by atoms with van der Waals surface area (Å²) in [5, 5.41) is 17.5. The Morgan fingerprint density at radius 1 is 1.06 bits per heavy atom. The van der Waals surface area contributed by atoms with Gasteiger partial charge in [-0.15, -0.1) is 5.10 Å². The van der Waals surface area contributed by atoms with Gasteiger partial charge in [-0.25, -0.2) is 4.68 Å². The molecule has 0 atom stereocenters. The third-order valence-corrected chi connectivity index (χ3v) is 2.67. The van der Waals surface area contributed by atoms with E-state index in [1.807, 2.05) is 41.1 Å². The van der Waals surface area contributed by atoms with Crippen molar-refractivity contribution in [3.8, 4) is 5.75 Å². The summed E-state index contributed by atoms with van der Waals surface area (Å²) in [6.07, 6.45) is 0. The lowest BCUT2D eigenvalue weighted by Crippen LogP contribution is -2.01. The van der Waals surface area contributed by atoms with Crippen LogP contribution in [0.15, 0.2) is 48.5 Å². The van der Waals surface area contributed by atoms with Gasteiger partial charge in [-0.3, -0.25) is 0 Å². The largest absolute Gasteiger partial charge is 0.508 e. The maximum absolute atomic E-state index is 9.35. The van der Waals surface area contributed by atoms with Crippen molar-refractivity contribution in [3.05, 3.63) is 54.1 Å². The first-order valence-electron chi connectivity index (χ1n) is 5.39. The highest BCUT2D eigenvalue weighted by Crippen LogP contribution is 2.18. The molecule has 2 aromatic carbocycles. The van der Waals surface area contributed by atoms with Crippen molar-refractivity contribution in [2.75, 3.05) is 0 Å². The van der Waals surface area contributed by atoms with Crippen molar-refractivity contribution in [1.82, 2.24) is 15.0 Å². The number of hydrogen-bond donors (Lipinski definition) is 1. The monoisotopic (exact) mass is 225 g/mol. The number of phenolic OH excluding ortho intramolecular Hbond substituents is 1. The fourth-order valence-electron chi connectivity index (χ4n) is 1.83. The predicted molar refractivity (Wildman–Crippen MR) is 64.7 cm³/mol. The first kappa shape index (κ1) is 9.84. The highest BCUT2D eigenvalue weighted by Gasteiger charge is 2.05. The van der Waals surface area contributed by atoms with Crippen molar-refractivity contribution >= 4 is 11.0 Å². The molecule has 0 saturated carbocycles. The number of fused-ring (bicyclic) bond motifs is 1.